The van der Waals surface area contributed by atoms with Crippen LogP contribution in [0.15, 0.2) is 24.3 Å². The van der Waals surface area contributed by atoms with Crippen LogP contribution in [0, 0.1) is 0 Å². The van der Waals surface area contributed by atoms with Gasteiger partial charge in [-0.2, -0.15) is 0 Å². The van der Waals surface area contributed by atoms with Gasteiger partial charge in [-0.1, -0.05) is 32.0 Å². The molecule has 1 aromatic rings. The van der Waals surface area contributed by atoms with E-state index >= 15 is 0 Å². The van der Waals surface area contributed by atoms with Crippen molar-refractivity contribution in [3.05, 3.63) is 29.8 Å². The fourth-order valence-corrected chi connectivity index (χ4v) is 1.23. The summed E-state index contributed by atoms with van der Waals surface area (Å²) in [5.41, 5.74) is 2.52. The zero-order valence-electron chi connectivity index (χ0n) is 8.59. The monoisotopic (exact) mass is 178 g/mol. The highest BCUT2D eigenvalue weighted by atomic mass is 14.9. The summed E-state index contributed by atoms with van der Waals surface area (Å²) >= 11 is 0. The van der Waals surface area contributed by atoms with E-state index in [1.165, 1.54) is 11.3 Å². The van der Waals surface area contributed by atoms with Crippen LogP contribution in [0.3, 0.4) is 0 Å². The van der Waals surface area contributed by atoms with E-state index in [0.717, 1.165) is 6.54 Å². The first-order valence-electron chi connectivity index (χ1n) is 4.73. The normalized spacial score (nSPS) is 10.5. The molecule has 0 amide bonds. The van der Waals surface area contributed by atoms with Crippen molar-refractivity contribution < 1.29 is 0 Å². The molecule has 72 valence electrons. The molecule has 0 bridgehead atoms. The summed E-state index contributed by atoms with van der Waals surface area (Å²) in [7, 11) is 1.95. The third-order valence-electron chi connectivity index (χ3n) is 1.99. The predicted molar refractivity (Wildman–Crippen MR) is 58.0 cm³/mol. The summed E-state index contributed by atoms with van der Waals surface area (Å²) in [5.74, 6) is 0. The Labute approximate surface area is 80.4 Å². The van der Waals surface area contributed by atoms with Gasteiger partial charge < -0.3 is 10.6 Å². The first-order valence-corrected chi connectivity index (χ1v) is 4.73. The van der Waals surface area contributed by atoms with Crippen LogP contribution in [0.5, 0.6) is 0 Å². The van der Waals surface area contributed by atoms with Gasteiger partial charge in [0.2, 0.25) is 0 Å². The van der Waals surface area contributed by atoms with E-state index in [-0.39, 0.29) is 0 Å². The molecule has 2 N–H and O–H groups in total. The molecule has 0 aliphatic heterocycles. The molecule has 0 saturated heterocycles. The highest BCUT2D eigenvalue weighted by Crippen LogP contribution is 2.13. The number of hydrogen-bond acceptors (Lipinski definition) is 2. The maximum absolute atomic E-state index is 3.40. The first-order chi connectivity index (χ1) is 6.24. The summed E-state index contributed by atoms with van der Waals surface area (Å²) in [6.07, 6.45) is 0. The van der Waals surface area contributed by atoms with Crippen molar-refractivity contribution in [1.29, 1.82) is 0 Å². The molecule has 2 heteroatoms. The second-order valence-corrected chi connectivity index (χ2v) is 3.44. The zero-order chi connectivity index (χ0) is 9.68. The van der Waals surface area contributed by atoms with Crippen molar-refractivity contribution >= 4 is 5.69 Å². The van der Waals surface area contributed by atoms with Crippen molar-refractivity contribution in [1.82, 2.24) is 5.32 Å². The minimum Gasteiger partial charge on any atom is -0.388 e. The Balaban J connectivity index is 2.64. The Morgan fingerprint density at radius 3 is 2.54 bits per heavy atom. The maximum Gasteiger partial charge on any atom is 0.0383 e. The Morgan fingerprint density at radius 2 is 1.92 bits per heavy atom. The fraction of sp³-hybridized carbons (Fsp3) is 0.455. The molecule has 0 unspecified atom stereocenters. The van der Waals surface area contributed by atoms with Crippen LogP contribution in [0.1, 0.15) is 19.4 Å². The smallest absolute Gasteiger partial charge is 0.0383 e. The van der Waals surface area contributed by atoms with Crippen LogP contribution in [0.4, 0.5) is 5.69 Å². The molecule has 0 atom stereocenters. The lowest BCUT2D eigenvalue weighted by Crippen LogP contribution is -2.22. The lowest BCUT2D eigenvalue weighted by Gasteiger charge is -2.11. The molecule has 0 aliphatic rings. The standard InChI is InChI=1S/C11H18N2/c1-9(2)13-8-10-6-4-5-7-11(10)12-3/h4-7,9,12-13H,8H2,1-3H3. The number of nitrogens with one attached hydrogen (secondary N) is 2. The zero-order valence-corrected chi connectivity index (χ0v) is 8.59. The van der Waals surface area contributed by atoms with E-state index < -0.39 is 0 Å². The third kappa shape index (κ3) is 3.07. The van der Waals surface area contributed by atoms with Crippen molar-refractivity contribution in [3.8, 4) is 0 Å². The fourth-order valence-electron chi connectivity index (χ4n) is 1.23. The van der Waals surface area contributed by atoms with Gasteiger partial charge in [0, 0.05) is 25.3 Å². The Kier molecular flexibility index (Phi) is 3.77. The van der Waals surface area contributed by atoms with Crippen LogP contribution < -0.4 is 10.6 Å². The van der Waals surface area contributed by atoms with Crippen LogP contribution in [-0.2, 0) is 6.54 Å². The van der Waals surface area contributed by atoms with E-state index in [0.29, 0.717) is 6.04 Å². The van der Waals surface area contributed by atoms with Gasteiger partial charge in [-0.15, -0.1) is 0 Å². The number of benzene rings is 1. The van der Waals surface area contributed by atoms with Crippen LogP contribution in [0.25, 0.3) is 0 Å². The molecule has 0 radical (unpaired) electrons. The van der Waals surface area contributed by atoms with E-state index in [1.54, 1.807) is 0 Å². The first kappa shape index (κ1) is 10.1. The number of hydrogen-bond donors (Lipinski definition) is 2. The summed E-state index contributed by atoms with van der Waals surface area (Å²) in [4.78, 5) is 0. The quantitative estimate of drug-likeness (QED) is 0.738. The topological polar surface area (TPSA) is 24.1 Å². The van der Waals surface area contributed by atoms with Crippen molar-refractivity contribution in [2.45, 2.75) is 26.4 Å². The van der Waals surface area contributed by atoms with Crippen molar-refractivity contribution in [2.75, 3.05) is 12.4 Å². The van der Waals surface area contributed by atoms with Gasteiger partial charge >= 0.3 is 0 Å². The summed E-state index contributed by atoms with van der Waals surface area (Å²) in [6.45, 7) is 5.23. The molecular weight excluding hydrogens is 160 g/mol. The lowest BCUT2D eigenvalue weighted by molar-refractivity contribution is 0.589. The molecule has 2 nitrogen and oxygen atoms in total. The highest BCUT2D eigenvalue weighted by Gasteiger charge is 1.99. The second-order valence-electron chi connectivity index (χ2n) is 3.44. The van der Waals surface area contributed by atoms with E-state index in [1.807, 2.05) is 13.1 Å². The van der Waals surface area contributed by atoms with Gasteiger partial charge in [0.25, 0.3) is 0 Å². The van der Waals surface area contributed by atoms with Gasteiger partial charge in [-0.3, -0.25) is 0 Å². The van der Waals surface area contributed by atoms with Crippen LogP contribution in [-0.4, -0.2) is 13.1 Å². The van der Waals surface area contributed by atoms with E-state index in [2.05, 4.69) is 42.7 Å². The van der Waals surface area contributed by atoms with E-state index in [4.69, 9.17) is 0 Å². The molecule has 0 heterocycles. The Bertz CT molecular complexity index is 256. The molecule has 0 saturated carbocycles. The SMILES string of the molecule is CNc1ccccc1CNC(C)C. The van der Waals surface area contributed by atoms with E-state index in [9.17, 15) is 0 Å². The average molecular weight is 178 g/mol. The average Bonchev–Trinajstić information content (AvgIpc) is 2.15. The largest absolute Gasteiger partial charge is 0.388 e. The van der Waals surface area contributed by atoms with Crippen molar-refractivity contribution in [3.63, 3.8) is 0 Å². The third-order valence-corrected chi connectivity index (χ3v) is 1.99. The van der Waals surface area contributed by atoms with Crippen molar-refractivity contribution in [2.24, 2.45) is 0 Å². The summed E-state index contributed by atoms with van der Waals surface area (Å²) in [6, 6.07) is 8.88. The predicted octanol–water partition coefficient (Wildman–Crippen LogP) is 2.23. The van der Waals surface area contributed by atoms with Gasteiger partial charge in [0.15, 0.2) is 0 Å². The van der Waals surface area contributed by atoms with Crippen LogP contribution in [0.2, 0.25) is 0 Å². The maximum atomic E-state index is 3.40. The van der Waals surface area contributed by atoms with Crippen LogP contribution >= 0.6 is 0 Å². The molecule has 0 aliphatic carbocycles. The molecule has 13 heavy (non-hydrogen) atoms. The van der Waals surface area contributed by atoms with Gasteiger partial charge in [0.1, 0.15) is 0 Å². The summed E-state index contributed by atoms with van der Waals surface area (Å²) in [5, 5.41) is 6.58. The van der Waals surface area contributed by atoms with Gasteiger partial charge in [0.05, 0.1) is 0 Å². The molecular formula is C11H18N2. The molecule has 1 aromatic carbocycles. The second kappa shape index (κ2) is 4.87. The minimum absolute atomic E-state index is 0.532. The van der Waals surface area contributed by atoms with Gasteiger partial charge in [-0.05, 0) is 11.6 Å². The molecule has 0 spiro atoms. The lowest BCUT2D eigenvalue weighted by atomic mass is 10.1. The number of para-hydroxylation sites is 1. The Morgan fingerprint density at radius 1 is 1.23 bits per heavy atom. The Hall–Kier alpha value is -1.02. The van der Waals surface area contributed by atoms with Gasteiger partial charge in [-0.25, -0.2) is 0 Å². The molecule has 0 fully saturated rings. The number of anilines is 1. The molecule has 0 aromatic heterocycles. The summed E-state index contributed by atoms with van der Waals surface area (Å²) < 4.78 is 0. The molecule has 1 rings (SSSR count). The minimum atomic E-state index is 0.532. The highest BCUT2D eigenvalue weighted by molar-refractivity contribution is 5.50. The number of rotatable bonds is 4.